The van der Waals surface area contributed by atoms with E-state index in [2.05, 4.69) is 58.0 Å². The summed E-state index contributed by atoms with van der Waals surface area (Å²) in [6.45, 7) is 10.8. The highest BCUT2D eigenvalue weighted by Crippen LogP contribution is 2.27. The zero-order chi connectivity index (χ0) is 19.8. The van der Waals surface area contributed by atoms with Gasteiger partial charge in [0, 0.05) is 38.6 Å². The maximum absolute atomic E-state index is 5.60. The topological polar surface area (TPSA) is 54.7 Å². The first-order chi connectivity index (χ1) is 13.7. The standard InChI is InChI=1S/C22H33N5O/c1-4-24-22(25-11-9-19-7-6-8-20(15-19)28-5-2)26-13-10-18(3)21(16-26)27-14-12-23-17-27/h6-8,12,14-15,17-18,21H,4-5,9-11,13,16H2,1-3H3,(H,24,25). The monoisotopic (exact) mass is 383 g/mol. The van der Waals surface area contributed by atoms with Crippen LogP contribution in [0.4, 0.5) is 0 Å². The van der Waals surface area contributed by atoms with Gasteiger partial charge in [-0.2, -0.15) is 0 Å². The van der Waals surface area contributed by atoms with Gasteiger partial charge in [-0.3, -0.25) is 4.99 Å². The molecule has 0 saturated carbocycles. The van der Waals surface area contributed by atoms with E-state index in [9.17, 15) is 0 Å². The van der Waals surface area contributed by atoms with Gasteiger partial charge in [-0.1, -0.05) is 19.1 Å². The predicted molar refractivity (Wildman–Crippen MR) is 114 cm³/mol. The van der Waals surface area contributed by atoms with Crippen LogP contribution in [0.3, 0.4) is 0 Å². The van der Waals surface area contributed by atoms with E-state index < -0.39 is 0 Å². The second-order valence-corrected chi connectivity index (χ2v) is 7.36. The molecule has 0 bridgehead atoms. The minimum atomic E-state index is 0.433. The molecule has 6 heteroatoms. The van der Waals surface area contributed by atoms with E-state index in [0.29, 0.717) is 18.6 Å². The van der Waals surface area contributed by atoms with Crippen molar-refractivity contribution in [2.45, 2.75) is 39.7 Å². The van der Waals surface area contributed by atoms with Crippen molar-refractivity contribution in [2.24, 2.45) is 10.9 Å². The van der Waals surface area contributed by atoms with Crippen molar-refractivity contribution >= 4 is 5.96 Å². The highest BCUT2D eigenvalue weighted by molar-refractivity contribution is 5.80. The van der Waals surface area contributed by atoms with Crippen LogP contribution in [0.1, 0.15) is 38.8 Å². The summed E-state index contributed by atoms with van der Waals surface area (Å²) in [5.74, 6) is 2.58. The van der Waals surface area contributed by atoms with Gasteiger partial charge < -0.3 is 19.5 Å². The number of benzene rings is 1. The van der Waals surface area contributed by atoms with Gasteiger partial charge in [0.1, 0.15) is 5.75 Å². The number of nitrogens with zero attached hydrogens (tertiary/aromatic N) is 4. The Hall–Kier alpha value is -2.50. The van der Waals surface area contributed by atoms with Crippen LogP contribution in [0.5, 0.6) is 5.75 Å². The number of aromatic nitrogens is 2. The SMILES string of the molecule is CCNC(=NCCc1cccc(OCC)c1)N1CCC(C)C(n2ccnc2)C1. The quantitative estimate of drug-likeness (QED) is 0.588. The van der Waals surface area contributed by atoms with Crippen LogP contribution in [0.25, 0.3) is 0 Å². The van der Waals surface area contributed by atoms with Gasteiger partial charge in [-0.05, 0) is 50.3 Å². The summed E-state index contributed by atoms with van der Waals surface area (Å²) in [7, 11) is 0. The van der Waals surface area contributed by atoms with Gasteiger partial charge in [0.05, 0.1) is 19.0 Å². The third-order valence-corrected chi connectivity index (χ3v) is 5.33. The van der Waals surface area contributed by atoms with Crippen LogP contribution < -0.4 is 10.1 Å². The molecule has 28 heavy (non-hydrogen) atoms. The van der Waals surface area contributed by atoms with Crippen molar-refractivity contribution in [3.05, 3.63) is 48.5 Å². The minimum absolute atomic E-state index is 0.433. The Balaban J connectivity index is 1.64. The van der Waals surface area contributed by atoms with Crippen LogP contribution in [0.2, 0.25) is 0 Å². The van der Waals surface area contributed by atoms with Gasteiger partial charge in [0.15, 0.2) is 5.96 Å². The van der Waals surface area contributed by atoms with Gasteiger partial charge in [0.25, 0.3) is 0 Å². The molecule has 2 heterocycles. The van der Waals surface area contributed by atoms with Crippen molar-refractivity contribution in [1.29, 1.82) is 0 Å². The zero-order valence-electron chi connectivity index (χ0n) is 17.3. The van der Waals surface area contributed by atoms with Crippen LogP contribution in [-0.4, -0.2) is 53.2 Å². The van der Waals surface area contributed by atoms with E-state index in [1.54, 1.807) is 0 Å². The molecule has 1 aromatic heterocycles. The first-order valence-corrected chi connectivity index (χ1v) is 10.4. The second kappa shape index (κ2) is 10.2. The van der Waals surface area contributed by atoms with E-state index in [1.807, 2.05) is 25.5 Å². The van der Waals surface area contributed by atoms with Gasteiger partial charge >= 0.3 is 0 Å². The van der Waals surface area contributed by atoms with E-state index in [-0.39, 0.29) is 0 Å². The average Bonchev–Trinajstić information content (AvgIpc) is 3.23. The summed E-state index contributed by atoms with van der Waals surface area (Å²) in [5, 5.41) is 3.48. The number of ether oxygens (including phenoxy) is 1. The lowest BCUT2D eigenvalue weighted by Crippen LogP contribution is -2.49. The van der Waals surface area contributed by atoms with Crippen LogP contribution >= 0.6 is 0 Å². The lowest BCUT2D eigenvalue weighted by atomic mass is 9.93. The molecule has 2 atom stereocenters. The molecule has 0 spiro atoms. The molecule has 0 amide bonds. The van der Waals surface area contributed by atoms with Crippen LogP contribution in [-0.2, 0) is 6.42 Å². The molecule has 1 aliphatic rings. The van der Waals surface area contributed by atoms with Crippen molar-refractivity contribution in [1.82, 2.24) is 19.8 Å². The van der Waals surface area contributed by atoms with Crippen molar-refractivity contribution in [3.8, 4) is 5.75 Å². The fraction of sp³-hybridized carbons (Fsp3) is 0.545. The third kappa shape index (κ3) is 5.27. The van der Waals surface area contributed by atoms with Gasteiger partial charge in [-0.15, -0.1) is 0 Å². The Labute approximate surface area is 168 Å². The average molecular weight is 384 g/mol. The zero-order valence-corrected chi connectivity index (χ0v) is 17.3. The maximum atomic E-state index is 5.60. The molecular formula is C22H33N5O. The molecule has 0 radical (unpaired) electrons. The molecule has 1 aliphatic heterocycles. The molecule has 0 aliphatic carbocycles. The largest absolute Gasteiger partial charge is 0.494 e. The molecule has 1 aromatic carbocycles. The molecule has 2 aromatic rings. The lowest BCUT2D eigenvalue weighted by Gasteiger charge is -2.39. The lowest BCUT2D eigenvalue weighted by molar-refractivity contribution is 0.189. The summed E-state index contributed by atoms with van der Waals surface area (Å²) >= 11 is 0. The van der Waals surface area contributed by atoms with E-state index >= 15 is 0 Å². The Morgan fingerprint density at radius 3 is 3.00 bits per heavy atom. The summed E-state index contributed by atoms with van der Waals surface area (Å²) in [6.07, 6.45) is 7.93. The molecular weight excluding hydrogens is 350 g/mol. The number of imidazole rings is 1. The van der Waals surface area contributed by atoms with E-state index in [1.165, 1.54) is 5.56 Å². The normalized spacial score (nSPS) is 20.2. The smallest absolute Gasteiger partial charge is 0.193 e. The summed E-state index contributed by atoms with van der Waals surface area (Å²) < 4.78 is 7.84. The number of aliphatic imine (C=N–C) groups is 1. The van der Waals surface area contributed by atoms with Crippen LogP contribution in [0.15, 0.2) is 48.0 Å². The molecule has 1 fully saturated rings. The number of likely N-dealkylation sites (tertiary alicyclic amines) is 1. The second-order valence-electron chi connectivity index (χ2n) is 7.36. The summed E-state index contributed by atoms with van der Waals surface area (Å²) in [5.41, 5.74) is 1.26. The number of guanidine groups is 1. The number of rotatable bonds is 7. The van der Waals surface area contributed by atoms with Crippen molar-refractivity contribution < 1.29 is 4.74 Å². The Kier molecular flexibility index (Phi) is 7.34. The molecule has 1 saturated heterocycles. The van der Waals surface area contributed by atoms with Crippen molar-refractivity contribution in [2.75, 3.05) is 32.8 Å². The fourth-order valence-electron chi connectivity index (χ4n) is 3.77. The van der Waals surface area contributed by atoms with E-state index in [0.717, 1.165) is 50.7 Å². The molecule has 3 rings (SSSR count). The maximum Gasteiger partial charge on any atom is 0.193 e. The Morgan fingerprint density at radius 1 is 1.36 bits per heavy atom. The summed E-state index contributed by atoms with van der Waals surface area (Å²) in [4.78, 5) is 11.5. The Bertz CT molecular complexity index is 743. The molecule has 2 unspecified atom stereocenters. The highest BCUT2D eigenvalue weighted by atomic mass is 16.5. The molecule has 1 N–H and O–H groups in total. The molecule has 6 nitrogen and oxygen atoms in total. The van der Waals surface area contributed by atoms with Crippen molar-refractivity contribution in [3.63, 3.8) is 0 Å². The van der Waals surface area contributed by atoms with Gasteiger partial charge in [-0.25, -0.2) is 4.98 Å². The highest BCUT2D eigenvalue weighted by Gasteiger charge is 2.28. The molecule has 152 valence electrons. The first-order valence-electron chi connectivity index (χ1n) is 10.4. The van der Waals surface area contributed by atoms with Crippen LogP contribution in [0, 0.1) is 5.92 Å². The van der Waals surface area contributed by atoms with E-state index in [4.69, 9.17) is 9.73 Å². The fourth-order valence-corrected chi connectivity index (χ4v) is 3.77. The number of nitrogens with one attached hydrogen (secondary N) is 1. The first kappa shape index (κ1) is 20.2. The third-order valence-electron chi connectivity index (χ3n) is 5.33. The number of hydrogen-bond donors (Lipinski definition) is 1. The van der Waals surface area contributed by atoms with Gasteiger partial charge in [0.2, 0.25) is 0 Å². The predicted octanol–water partition coefficient (Wildman–Crippen LogP) is 3.37. The summed E-state index contributed by atoms with van der Waals surface area (Å²) in [6, 6.07) is 8.75. The Morgan fingerprint density at radius 2 is 2.25 bits per heavy atom. The number of piperidine rings is 1. The minimum Gasteiger partial charge on any atom is -0.494 e. The number of hydrogen-bond acceptors (Lipinski definition) is 3.